The summed E-state index contributed by atoms with van der Waals surface area (Å²) in [6, 6.07) is 3.79. The molecule has 0 aliphatic carbocycles. The maximum atomic E-state index is 13.8. The van der Waals surface area contributed by atoms with Crippen LogP contribution in [0.4, 0.5) is 20.5 Å². The lowest BCUT2D eigenvalue weighted by molar-refractivity contribution is -0.0222. The van der Waals surface area contributed by atoms with E-state index in [0.717, 1.165) is 31.4 Å². The zero-order valence-electron chi connectivity index (χ0n) is 21.7. The molecule has 37 heavy (non-hydrogen) atoms. The first-order valence-corrected chi connectivity index (χ1v) is 13.4. The zero-order valence-corrected chi connectivity index (χ0v) is 21.7. The van der Waals surface area contributed by atoms with Crippen LogP contribution in [0.5, 0.6) is 11.5 Å². The number of anilines is 2. The van der Waals surface area contributed by atoms with E-state index in [2.05, 4.69) is 15.1 Å². The number of nitrogens with zero attached hydrogens (tertiary/aromatic N) is 5. The van der Waals surface area contributed by atoms with Crippen LogP contribution in [0.1, 0.15) is 32.1 Å². The minimum absolute atomic E-state index is 0.196. The molecule has 1 aromatic carbocycles. The van der Waals surface area contributed by atoms with Crippen LogP contribution >= 0.6 is 0 Å². The Balaban J connectivity index is 1.37. The Morgan fingerprint density at radius 3 is 2.46 bits per heavy atom. The molecule has 9 nitrogen and oxygen atoms in total. The molecule has 11 heteroatoms. The van der Waals surface area contributed by atoms with Crippen LogP contribution < -0.4 is 19.7 Å². The second-order valence-corrected chi connectivity index (χ2v) is 10.1. The van der Waals surface area contributed by atoms with Crippen molar-refractivity contribution < 1.29 is 23.0 Å². The maximum Gasteiger partial charge on any atom is 0.251 e. The molecule has 0 atom stereocenters. The van der Waals surface area contributed by atoms with Gasteiger partial charge in [0.25, 0.3) is 5.92 Å². The van der Waals surface area contributed by atoms with E-state index in [4.69, 9.17) is 24.2 Å². The number of morpholine rings is 1. The number of hydrogen-bond donors (Lipinski definition) is 1. The molecule has 2 aromatic rings. The zero-order chi connectivity index (χ0) is 25.7. The van der Waals surface area contributed by atoms with E-state index in [9.17, 15) is 8.78 Å². The average molecular weight is 521 g/mol. The predicted octanol–water partition coefficient (Wildman–Crippen LogP) is 3.44. The topological polar surface area (TPSA) is 75.2 Å². The minimum Gasteiger partial charge on any atom is -0.493 e. The molecule has 3 aliphatic rings. The lowest BCUT2D eigenvalue weighted by atomic mass is 10.1. The molecular weight excluding hydrogens is 482 g/mol. The van der Waals surface area contributed by atoms with Crippen molar-refractivity contribution >= 4 is 22.7 Å². The smallest absolute Gasteiger partial charge is 0.251 e. The van der Waals surface area contributed by atoms with Crippen LogP contribution in [0.25, 0.3) is 10.9 Å². The summed E-state index contributed by atoms with van der Waals surface area (Å²) in [5.41, 5.74) is 0.696. The van der Waals surface area contributed by atoms with E-state index in [1.54, 1.807) is 7.11 Å². The quantitative estimate of drug-likeness (QED) is 0.474. The Hall–Kier alpha value is -2.50. The van der Waals surface area contributed by atoms with Crippen molar-refractivity contribution in [2.24, 2.45) is 0 Å². The summed E-state index contributed by atoms with van der Waals surface area (Å²) >= 11 is 0. The van der Waals surface area contributed by atoms with Gasteiger partial charge in [0.05, 0.1) is 39.1 Å². The van der Waals surface area contributed by atoms with Gasteiger partial charge in [-0.3, -0.25) is 4.90 Å². The van der Waals surface area contributed by atoms with Crippen LogP contribution in [-0.4, -0.2) is 105 Å². The van der Waals surface area contributed by atoms with Gasteiger partial charge in [-0.2, -0.15) is 4.98 Å². The number of methoxy groups -OCH3 is 1. The third-order valence-corrected chi connectivity index (χ3v) is 7.40. The van der Waals surface area contributed by atoms with E-state index in [-0.39, 0.29) is 25.9 Å². The first-order chi connectivity index (χ1) is 18.0. The molecular formula is C26H38F2N6O3. The lowest BCUT2D eigenvalue weighted by Crippen LogP contribution is -2.40. The molecule has 4 heterocycles. The van der Waals surface area contributed by atoms with Crippen LogP contribution in [0.3, 0.4) is 0 Å². The van der Waals surface area contributed by atoms with Crippen molar-refractivity contribution in [3.63, 3.8) is 0 Å². The van der Waals surface area contributed by atoms with E-state index < -0.39 is 5.92 Å². The molecule has 3 fully saturated rings. The van der Waals surface area contributed by atoms with Gasteiger partial charge in [-0.15, -0.1) is 0 Å². The van der Waals surface area contributed by atoms with Gasteiger partial charge in [0.15, 0.2) is 11.5 Å². The summed E-state index contributed by atoms with van der Waals surface area (Å²) < 4.78 is 44.9. The van der Waals surface area contributed by atoms with Gasteiger partial charge in [-0.1, -0.05) is 0 Å². The van der Waals surface area contributed by atoms with Gasteiger partial charge in [-0.05, 0) is 38.4 Å². The summed E-state index contributed by atoms with van der Waals surface area (Å²) in [6.07, 6.45) is 3.10. The summed E-state index contributed by atoms with van der Waals surface area (Å²) in [5, 5.41) is 4.26. The van der Waals surface area contributed by atoms with Crippen molar-refractivity contribution in [1.82, 2.24) is 19.8 Å². The van der Waals surface area contributed by atoms with Crippen molar-refractivity contribution in [2.75, 3.05) is 89.6 Å². The molecule has 0 spiro atoms. The Kier molecular flexibility index (Phi) is 8.41. The number of piperidine rings is 1. The summed E-state index contributed by atoms with van der Waals surface area (Å²) in [6.45, 7) is 8.06. The van der Waals surface area contributed by atoms with E-state index in [1.165, 1.54) is 25.9 Å². The molecule has 5 rings (SSSR count). The Morgan fingerprint density at radius 1 is 0.973 bits per heavy atom. The van der Waals surface area contributed by atoms with E-state index >= 15 is 0 Å². The molecule has 1 N–H and O–H groups in total. The molecule has 0 bridgehead atoms. The number of nitrogens with one attached hydrogen (secondary N) is 1. The van der Waals surface area contributed by atoms with Gasteiger partial charge in [0, 0.05) is 57.0 Å². The third kappa shape index (κ3) is 6.69. The molecule has 3 saturated heterocycles. The number of ether oxygens (including phenoxy) is 3. The third-order valence-electron chi connectivity index (χ3n) is 7.40. The highest BCUT2D eigenvalue weighted by atomic mass is 19.3. The first kappa shape index (κ1) is 26.1. The normalized spacial score (nSPS) is 20.9. The highest BCUT2D eigenvalue weighted by Crippen LogP contribution is 2.36. The Morgan fingerprint density at radius 2 is 1.73 bits per heavy atom. The second kappa shape index (κ2) is 11.9. The summed E-state index contributed by atoms with van der Waals surface area (Å²) in [5.74, 6) is -0.267. The highest BCUT2D eigenvalue weighted by Gasteiger charge is 2.35. The van der Waals surface area contributed by atoms with Crippen molar-refractivity contribution in [3.05, 3.63) is 12.1 Å². The largest absolute Gasteiger partial charge is 0.493 e. The van der Waals surface area contributed by atoms with Gasteiger partial charge >= 0.3 is 0 Å². The second-order valence-electron chi connectivity index (χ2n) is 10.1. The Bertz CT molecular complexity index is 1040. The predicted molar refractivity (Wildman–Crippen MR) is 139 cm³/mol. The fourth-order valence-corrected chi connectivity index (χ4v) is 5.13. The van der Waals surface area contributed by atoms with Crippen molar-refractivity contribution in [3.8, 4) is 11.5 Å². The lowest BCUT2D eigenvalue weighted by Gasteiger charge is -2.32. The Labute approximate surface area is 217 Å². The first-order valence-electron chi connectivity index (χ1n) is 13.4. The van der Waals surface area contributed by atoms with Crippen LogP contribution in [0, 0.1) is 0 Å². The maximum absolute atomic E-state index is 13.8. The van der Waals surface area contributed by atoms with Gasteiger partial charge in [0.1, 0.15) is 5.82 Å². The fourth-order valence-electron chi connectivity index (χ4n) is 5.13. The van der Waals surface area contributed by atoms with Gasteiger partial charge in [0.2, 0.25) is 5.95 Å². The number of hydrogen-bond acceptors (Lipinski definition) is 9. The molecule has 1 aromatic heterocycles. The molecule has 0 unspecified atom stereocenters. The summed E-state index contributed by atoms with van der Waals surface area (Å²) in [4.78, 5) is 16.1. The number of rotatable bonds is 10. The molecule has 0 amide bonds. The molecule has 3 aliphatic heterocycles. The molecule has 0 radical (unpaired) electrons. The molecule has 204 valence electrons. The standard InChI is InChI=1S/C26H38F2N6O3/c1-35-22-17-20-21(18-23(22)37-14-4-9-32-7-2-3-8-32)30-25(34-10-5-26(27,28)6-11-34)31-24(20)29-19-33-12-15-36-16-13-33/h17-18H,2-16,19H2,1H3,(H,29,30,31). The number of aromatic nitrogens is 2. The number of fused-ring (bicyclic) bond motifs is 1. The van der Waals surface area contributed by atoms with Gasteiger partial charge < -0.3 is 29.3 Å². The van der Waals surface area contributed by atoms with Crippen LogP contribution in [-0.2, 0) is 4.74 Å². The van der Waals surface area contributed by atoms with E-state index in [0.29, 0.717) is 55.3 Å². The molecule has 0 saturated carbocycles. The fraction of sp³-hybridized carbons (Fsp3) is 0.692. The number of likely N-dealkylation sites (tertiary alicyclic amines) is 1. The number of alkyl halides is 2. The van der Waals surface area contributed by atoms with E-state index in [1.807, 2.05) is 17.0 Å². The van der Waals surface area contributed by atoms with Crippen LogP contribution in [0.2, 0.25) is 0 Å². The minimum atomic E-state index is -2.63. The van der Waals surface area contributed by atoms with Crippen molar-refractivity contribution in [2.45, 2.75) is 38.0 Å². The van der Waals surface area contributed by atoms with Gasteiger partial charge in [-0.25, -0.2) is 13.8 Å². The summed E-state index contributed by atoms with van der Waals surface area (Å²) in [7, 11) is 1.63. The number of benzene rings is 1. The number of halogens is 2. The van der Waals surface area contributed by atoms with Crippen molar-refractivity contribution in [1.29, 1.82) is 0 Å². The highest BCUT2D eigenvalue weighted by molar-refractivity contribution is 5.92. The average Bonchev–Trinajstić information content (AvgIpc) is 3.43. The monoisotopic (exact) mass is 520 g/mol. The van der Waals surface area contributed by atoms with Crippen LogP contribution in [0.15, 0.2) is 12.1 Å². The SMILES string of the molecule is COc1cc2c(NCN3CCOCC3)nc(N3CCC(F)(F)CC3)nc2cc1OCCCN1CCCC1.